The maximum absolute atomic E-state index is 14.8. The van der Waals surface area contributed by atoms with Crippen LogP contribution in [0.3, 0.4) is 0 Å². The van der Waals surface area contributed by atoms with Crippen LogP contribution in [0, 0.1) is 23.7 Å². The van der Waals surface area contributed by atoms with Crippen LogP contribution in [0.15, 0.2) is 24.3 Å². The molecule has 0 saturated carbocycles. The van der Waals surface area contributed by atoms with E-state index in [-0.39, 0.29) is 50.2 Å². The lowest BCUT2D eigenvalue weighted by atomic mass is 9.91. The molecule has 0 aliphatic carbocycles. The van der Waals surface area contributed by atoms with Gasteiger partial charge < -0.3 is 57.1 Å². The van der Waals surface area contributed by atoms with Crippen molar-refractivity contribution in [3.05, 3.63) is 29.8 Å². The summed E-state index contributed by atoms with van der Waals surface area (Å²) in [4.78, 5) is 127. The molecule has 2 heterocycles. The van der Waals surface area contributed by atoms with E-state index in [1.165, 1.54) is 26.1 Å². The third-order valence-electron chi connectivity index (χ3n) is 11.9. The number of primary amides is 1. The first-order valence-corrected chi connectivity index (χ1v) is 22.4. The van der Waals surface area contributed by atoms with Crippen LogP contribution in [0.25, 0.3) is 0 Å². The molecule has 2 bridgehead atoms. The molecule has 1 aromatic rings. The highest BCUT2D eigenvalue weighted by molar-refractivity contribution is 5.98. The zero-order valence-corrected chi connectivity index (χ0v) is 39.2. The number of carbonyl (C=O) groups excluding carboxylic acids is 9. The molecule has 0 aromatic heterocycles. The predicted octanol–water partition coefficient (Wildman–Crippen LogP) is 0.110. The van der Waals surface area contributed by atoms with Crippen LogP contribution in [0.5, 0.6) is 5.75 Å². The fraction of sp³-hybridized carbons (Fsp3) is 0.667. The van der Waals surface area contributed by atoms with Crippen molar-refractivity contribution in [3.63, 3.8) is 0 Å². The van der Waals surface area contributed by atoms with Gasteiger partial charge >= 0.3 is 5.97 Å². The summed E-state index contributed by atoms with van der Waals surface area (Å²) in [7, 11) is 1.37. The lowest BCUT2D eigenvalue weighted by molar-refractivity contribution is -0.168. The Balaban J connectivity index is 2.24. The molecule has 3 rings (SSSR count). The summed E-state index contributed by atoms with van der Waals surface area (Å²) in [6.07, 6.45) is -3.29. The number of piperidine rings is 1. The van der Waals surface area contributed by atoms with Gasteiger partial charge in [0.25, 0.3) is 0 Å². The van der Waals surface area contributed by atoms with Crippen LogP contribution in [0.2, 0.25) is 0 Å². The summed E-state index contributed by atoms with van der Waals surface area (Å²) in [5, 5.41) is 34.5. The summed E-state index contributed by atoms with van der Waals surface area (Å²) >= 11 is 0. The second-order valence-corrected chi connectivity index (χ2v) is 18.3. The Morgan fingerprint density at radius 1 is 0.877 bits per heavy atom. The number of aliphatic hydroxyl groups is 1. The van der Waals surface area contributed by atoms with Crippen LogP contribution >= 0.6 is 0 Å². The molecule has 3 unspecified atom stereocenters. The second kappa shape index (κ2) is 23.9. The van der Waals surface area contributed by atoms with Crippen molar-refractivity contribution in [1.82, 2.24) is 36.4 Å². The molecule has 2 aliphatic rings. The number of nitrogens with two attached hydrogens (primary N) is 1. The number of ether oxygens (including phenoxy) is 1. The number of nitrogens with zero attached hydrogens (tertiary/aromatic N) is 2. The van der Waals surface area contributed by atoms with E-state index in [2.05, 4.69) is 26.6 Å². The van der Waals surface area contributed by atoms with Crippen LogP contribution in [-0.4, -0.2) is 135 Å². The van der Waals surface area contributed by atoms with E-state index in [0.29, 0.717) is 12.0 Å². The number of aliphatic hydroxyl groups excluding tert-OH is 1. The zero-order chi connectivity index (χ0) is 49.0. The van der Waals surface area contributed by atoms with Gasteiger partial charge in [0.15, 0.2) is 0 Å². The average Bonchev–Trinajstić information content (AvgIpc) is 3.23. The van der Waals surface area contributed by atoms with Crippen LogP contribution in [0.1, 0.15) is 106 Å². The van der Waals surface area contributed by atoms with Crippen molar-refractivity contribution in [3.8, 4) is 5.75 Å². The van der Waals surface area contributed by atoms with Gasteiger partial charge in [-0.15, -0.1) is 0 Å². The molecule has 10 atom stereocenters. The first-order chi connectivity index (χ1) is 30.4. The Morgan fingerprint density at radius 2 is 1.51 bits per heavy atom. The van der Waals surface area contributed by atoms with Gasteiger partial charge in [-0.1, -0.05) is 73.9 Å². The molecule has 1 aromatic carbocycles. The van der Waals surface area contributed by atoms with Gasteiger partial charge in [-0.2, -0.15) is 0 Å². The molecular formula is C45H70N8O12. The normalized spacial score (nSPS) is 26.2. The van der Waals surface area contributed by atoms with Crippen LogP contribution in [0.4, 0.5) is 0 Å². The number of aromatic hydroxyl groups is 1. The monoisotopic (exact) mass is 915 g/mol. The number of cyclic esters (lactones) is 1. The van der Waals surface area contributed by atoms with Gasteiger partial charge in [0.2, 0.25) is 47.3 Å². The number of benzene rings is 1. The highest BCUT2D eigenvalue weighted by Crippen LogP contribution is 2.28. The molecule has 9 N–H and O–H groups in total. The van der Waals surface area contributed by atoms with E-state index in [0.717, 1.165) is 9.80 Å². The Kier molecular flexibility index (Phi) is 19.7. The number of hydrogen-bond acceptors (Lipinski definition) is 12. The number of phenolic OH excluding ortho intramolecular Hbond substituents is 1. The number of likely N-dealkylation sites (N-methyl/N-ethyl adjacent to an activating group) is 1. The van der Waals surface area contributed by atoms with E-state index in [4.69, 9.17) is 10.5 Å². The summed E-state index contributed by atoms with van der Waals surface area (Å²) in [5.41, 5.74) is 5.88. The highest BCUT2D eigenvalue weighted by atomic mass is 16.5. The minimum absolute atomic E-state index is 0.0230. The predicted molar refractivity (Wildman–Crippen MR) is 236 cm³/mol. The quantitative estimate of drug-likeness (QED) is 0.116. The average molecular weight is 915 g/mol. The SMILES string of the molecule is CCC(C)[C@H]1C(=O)N(C)[C@@H](Cc2ccc(O)cc2)C(=O)N[C@@H](C(C)C)C(=O)O[C@H](C)[C@H](NC(=O)[C@H](CCC(N)=O)NC(=O)C(C)C)C(=O)N[C@@H](CC(C)C)C(=O)NC2CCC(O)N1C2=O. The number of hydrogen-bond donors (Lipinski definition) is 8. The third-order valence-corrected chi connectivity index (χ3v) is 11.9. The number of nitrogens with one attached hydrogen (secondary N) is 5. The maximum Gasteiger partial charge on any atom is 0.329 e. The number of phenols is 1. The van der Waals surface area contributed by atoms with Gasteiger partial charge in [0.05, 0.1) is 0 Å². The topological polar surface area (TPSA) is 296 Å². The maximum atomic E-state index is 14.8. The van der Waals surface area contributed by atoms with Crippen molar-refractivity contribution >= 4 is 53.2 Å². The Labute approximate surface area is 380 Å². The lowest BCUT2D eigenvalue weighted by Gasteiger charge is -2.44. The zero-order valence-electron chi connectivity index (χ0n) is 39.2. The molecular weight excluding hydrogens is 845 g/mol. The highest BCUT2D eigenvalue weighted by Gasteiger charge is 2.47. The van der Waals surface area contributed by atoms with Crippen molar-refractivity contribution < 1.29 is 58.1 Å². The van der Waals surface area contributed by atoms with Crippen molar-refractivity contribution in [2.24, 2.45) is 29.4 Å². The molecule has 2 aliphatic heterocycles. The van der Waals surface area contributed by atoms with E-state index < -0.39 is 126 Å². The fourth-order valence-electron chi connectivity index (χ4n) is 7.70. The van der Waals surface area contributed by atoms with Gasteiger partial charge in [-0.3, -0.25) is 38.4 Å². The second-order valence-electron chi connectivity index (χ2n) is 18.3. The lowest BCUT2D eigenvalue weighted by Crippen LogP contribution is -2.66. The minimum atomic E-state index is -1.74. The van der Waals surface area contributed by atoms with Gasteiger partial charge in [-0.05, 0) is 68.1 Å². The Morgan fingerprint density at radius 3 is 2.06 bits per heavy atom. The molecule has 0 radical (unpaired) electrons. The molecule has 20 nitrogen and oxygen atoms in total. The molecule has 20 heteroatoms. The summed E-state index contributed by atoms with van der Waals surface area (Å²) in [6, 6.07) is -3.82. The van der Waals surface area contributed by atoms with Gasteiger partial charge in [-0.25, -0.2) is 4.79 Å². The molecule has 2 saturated heterocycles. The molecule has 8 amide bonds. The molecule has 362 valence electrons. The minimum Gasteiger partial charge on any atom is -0.508 e. The Bertz CT molecular complexity index is 1890. The van der Waals surface area contributed by atoms with E-state index in [1.807, 2.05) is 0 Å². The number of esters is 1. The van der Waals surface area contributed by atoms with Crippen LogP contribution < -0.4 is 32.3 Å². The number of rotatable bonds is 14. The summed E-state index contributed by atoms with van der Waals surface area (Å²) < 4.78 is 5.84. The summed E-state index contributed by atoms with van der Waals surface area (Å²) in [6.45, 7) is 14.8. The third kappa shape index (κ3) is 14.6. The van der Waals surface area contributed by atoms with Crippen LogP contribution in [-0.2, 0) is 54.3 Å². The summed E-state index contributed by atoms with van der Waals surface area (Å²) in [5.74, 6) is -9.37. The fourth-order valence-corrected chi connectivity index (χ4v) is 7.70. The van der Waals surface area contributed by atoms with Gasteiger partial charge in [0, 0.05) is 25.8 Å². The number of carbonyl (C=O) groups is 9. The molecule has 2 fully saturated rings. The number of amides is 8. The van der Waals surface area contributed by atoms with E-state index in [1.54, 1.807) is 67.5 Å². The standard InChI is InChI=1S/C45H70N8O12/c1-11-25(8)37-44(63)52(10)32(21-27-12-14-28(54)15-13-27)41(60)50-35(23(4)5)45(64)65-26(9)36(51-39(58)29(16-18-33(46)55)47-38(57)24(6)7)42(61)49-31(20-22(2)3)40(59)48-30-17-19-34(56)53(37)43(30)62/h12-15,22-26,29-32,34-37,54,56H,11,16-21H2,1-10H3,(H2,46,55)(H,47,57)(H,48,59)(H,49,61)(H,50,60)(H,51,58)/t25?,26-,29+,30?,31+,32+,34?,35+,36+,37+/m1/s1. The first-order valence-electron chi connectivity index (χ1n) is 22.4. The van der Waals surface area contributed by atoms with E-state index >= 15 is 0 Å². The van der Waals surface area contributed by atoms with Crippen molar-refractivity contribution in [2.75, 3.05) is 7.05 Å². The molecule has 0 spiro atoms. The molecule has 65 heavy (non-hydrogen) atoms. The Hall–Kier alpha value is -5.79. The first kappa shape index (κ1) is 53.5. The van der Waals surface area contributed by atoms with Crippen molar-refractivity contribution in [2.45, 2.75) is 162 Å². The van der Waals surface area contributed by atoms with Gasteiger partial charge in [0.1, 0.15) is 60.4 Å². The number of fused-ring (bicyclic) bond motifs is 2. The van der Waals surface area contributed by atoms with Crippen molar-refractivity contribution in [1.29, 1.82) is 0 Å². The largest absolute Gasteiger partial charge is 0.508 e. The van der Waals surface area contributed by atoms with E-state index in [9.17, 15) is 53.4 Å². The smallest absolute Gasteiger partial charge is 0.329 e.